The van der Waals surface area contributed by atoms with E-state index in [0.717, 1.165) is 0 Å². The van der Waals surface area contributed by atoms with Crippen molar-refractivity contribution in [2.24, 2.45) is 0 Å². The van der Waals surface area contributed by atoms with Crippen molar-refractivity contribution < 1.29 is 58.9 Å². The third-order valence-electron chi connectivity index (χ3n) is 3.57. The minimum absolute atomic E-state index is 0. The summed E-state index contributed by atoms with van der Waals surface area (Å²) >= 11 is 0. The van der Waals surface area contributed by atoms with Gasteiger partial charge in [0.15, 0.2) is 0 Å². The summed E-state index contributed by atoms with van der Waals surface area (Å²) in [6.45, 7) is 11.4. The van der Waals surface area contributed by atoms with Crippen molar-refractivity contribution in [1.29, 1.82) is 0 Å². The second-order valence-corrected chi connectivity index (χ2v) is 10.1. The van der Waals surface area contributed by atoms with Crippen LogP contribution in [0.1, 0.15) is 16.7 Å². The van der Waals surface area contributed by atoms with Crippen LogP contribution in [0.4, 0.5) is 0 Å². The maximum atomic E-state index is 2.44. The van der Waals surface area contributed by atoms with Crippen LogP contribution in [0.2, 0.25) is 13.1 Å². The number of halogens is 3. The zero-order valence-corrected chi connectivity index (χ0v) is 17.9. The van der Waals surface area contributed by atoms with E-state index >= 15 is 0 Å². The smallest absolute Gasteiger partial charge is 1.00 e. The van der Waals surface area contributed by atoms with Crippen LogP contribution in [0.5, 0.6) is 0 Å². The first kappa shape index (κ1) is 26.3. The minimum atomic E-state index is -1.50. The van der Waals surface area contributed by atoms with Gasteiger partial charge in [-0.3, -0.25) is 0 Å². The van der Waals surface area contributed by atoms with Gasteiger partial charge in [-0.05, 0) is 13.8 Å². The van der Waals surface area contributed by atoms with E-state index in [2.05, 4.69) is 70.3 Å². The molecule has 2 aromatic carbocycles. The molecule has 0 heterocycles. The summed E-state index contributed by atoms with van der Waals surface area (Å²) in [6, 6.07) is 13.9. The van der Waals surface area contributed by atoms with Crippen LogP contribution < -0.4 is 47.6 Å². The second-order valence-electron chi connectivity index (χ2n) is 5.68. The van der Waals surface area contributed by atoms with Gasteiger partial charge in [-0.2, -0.15) is 17.3 Å². The second kappa shape index (κ2) is 10.2. The molecule has 0 aliphatic carbocycles. The molecule has 0 saturated heterocycles. The molecule has 2 aromatic rings. The SMILES string of the molecule is Cc1cc(C)cc([Si](C)(C)[c-]2ccc(C)c2)c1.[Cl-].[Cl-].[Cl-].[Ti+4]. The molecule has 5 heteroatoms. The van der Waals surface area contributed by atoms with E-state index in [4.69, 9.17) is 0 Å². The molecule has 114 valence electrons. The molecule has 0 nitrogen and oxygen atoms in total. The van der Waals surface area contributed by atoms with Crippen molar-refractivity contribution in [2.75, 3.05) is 0 Å². The van der Waals surface area contributed by atoms with Crippen molar-refractivity contribution in [1.82, 2.24) is 0 Å². The fraction of sp³-hybridized carbons (Fsp3) is 0.312. The van der Waals surface area contributed by atoms with Gasteiger partial charge in [-0.1, -0.05) is 54.5 Å². The Labute approximate surface area is 163 Å². The molecule has 0 bridgehead atoms. The minimum Gasteiger partial charge on any atom is -1.00 e. The molecule has 0 atom stereocenters. The summed E-state index contributed by atoms with van der Waals surface area (Å²) in [7, 11) is -1.50. The summed E-state index contributed by atoms with van der Waals surface area (Å²) in [6.07, 6.45) is 0. The average molecular weight is 396 g/mol. The van der Waals surface area contributed by atoms with Crippen LogP contribution in [0.3, 0.4) is 0 Å². The molecule has 21 heavy (non-hydrogen) atoms. The zero-order chi connectivity index (χ0) is 12.6. The van der Waals surface area contributed by atoms with Crippen molar-refractivity contribution >= 4 is 18.4 Å². The van der Waals surface area contributed by atoms with Crippen molar-refractivity contribution in [3.05, 3.63) is 53.1 Å². The van der Waals surface area contributed by atoms with E-state index in [9.17, 15) is 0 Å². The largest absolute Gasteiger partial charge is 4.00 e. The van der Waals surface area contributed by atoms with Crippen LogP contribution in [0.25, 0.3) is 0 Å². The van der Waals surface area contributed by atoms with Crippen LogP contribution in [0, 0.1) is 20.8 Å². The first-order chi connectivity index (χ1) is 7.89. The molecule has 0 spiro atoms. The monoisotopic (exact) mass is 394 g/mol. The molecule has 0 N–H and O–H groups in total. The van der Waals surface area contributed by atoms with Crippen LogP contribution in [-0.4, -0.2) is 8.07 Å². The average Bonchev–Trinajstić information content (AvgIpc) is 2.64. The summed E-state index contributed by atoms with van der Waals surface area (Å²) in [5, 5.41) is 3.08. The molecule has 0 fully saturated rings. The van der Waals surface area contributed by atoms with Crippen molar-refractivity contribution in [3.8, 4) is 0 Å². The molecule has 0 radical (unpaired) electrons. The Morgan fingerprint density at radius 3 is 1.67 bits per heavy atom. The van der Waals surface area contributed by atoms with Gasteiger partial charge in [-0.25, -0.2) is 11.6 Å². The van der Waals surface area contributed by atoms with E-state index in [-0.39, 0.29) is 58.9 Å². The number of aryl methyl sites for hydroxylation is 3. The third-order valence-corrected chi connectivity index (χ3v) is 7.06. The summed E-state index contributed by atoms with van der Waals surface area (Å²) in [5.41, 5.74) is 4.14. The Morgan fingerprint density at radius 2 is 1.29 bits per heavy atom. The zero-order valence-electron chi connectivity index (χ0n) is 13.1. The van der Waals surface area contributed by atoms with Gasteiger partial charge in [-0.15, -0.1) is 0 Å². The van der Waals surface area contributed by atoms with Crippen molar-refractivity contribution in [2.45, 2.75) is 33.9 Å². The van der Waals surface area contributed by atoms with Crippen LogP contribution in [-0.2, 0) is 21.7 Å². The van der Waals surface area contributed by atoms with E-state index < -0.39 is 8.07 Å². The quantitative estimate of drug-likeness (QED) is 0.351. The molecule has 0 aromatic heterocycles. The first-order valence-corrected chi connectivity index (χ1v) is 9.22. The van der Waals surface area contributed by atoms with Crippen LogP contribution >= 0.6 is 0 Å². The molecular formula is C16H21Cl3SiTi. The Kier molecular flexibility index (Phi) is 12.8. The number of hydrogen-bond donors (Lipinski definition) is 0. The Morgan fingerprint density at radius 1 is 0.810 bits per heavy atom. The maximum absolute atomic E-state index is 2.44. The fourth-order valence-corrected chi connectivity index (χ4v) is 5.05. The molecule has 0 unspecified atom stereocenters. The molecule has 2 rings (SSSR count). The number of rotatable bonds is 2. The summed E-state index contributed by atoms with van der Waals surface area (Å²) < 4.78 is 0. The Hall–Kier alpha value is 0.371. The van der Waals surface area contributed by atoms with Crippen molar-refractivity contribution in [3.63, 3.8) is 0 Å². The van der Waals surface area contributed by atoms with Gasteiger partial charge in [0, 0.05) is 0 Å². The van der Waals surface area contributed by atoms with E-state index in [1.54, 1.807) is 10.4 Å². The van der Waals surface area contributed by atoms with Gasteiger partial charge in [0.05, 0.1) is 8.07 Å². The first-order valence-electron chi connectivity index (χ1n) is 6.22. The predicted molar refractivity (Wildman–Crippen MR) is 79.4 cm³/mol. The van der Waals surface area contributed by atoms with Gasteiger partial charge >= 0.3 is 21.7 Å². The van der Waals surface area contributed by atoms with Gasteiger partial charge in [0.2, 0.25) is 0 Å². The topological polar surface area (TPSA) is 0 Å². The van der Waals surface area contributed by atoms with Gasteiger partial charge < -0.3 is 37.2 Å². The van der Waals surface area contributed by atoms with E-state index in [1.807, 2.05) is 0 Å². The van der Waals surface area contributed by atoms with Gasteiger partial charge in [0.25, 0.3) is 0 Å². The number of benzene rings is 1. The molecule has 0 aliphatic rings. The standard InChI is InChI=1S/C16H21Si.3ClH.Ti/c1-12-6-7-15(9-12)17(4,5)16-10-13(2)8-14(3)11-16;;;;/h6-11H,1-5H3;3*1H;/q-1;;;;+4/p-3. The molecule has 0 aliphatic heterocycles. The Balaban J connectivity index is -0.000000810. The molecule has 0 saturated carbocycles. The van der Waals surface area contributed by atoms with E-state index in [1.165, 1.54) is 16.7 Å². The van der Waals surface area contributed by atoms with E-state index in [0.29, 0.717) is 0 Å². The molecule has 0 amide bonds. The summed E-state index contributed by atoms with van der Waals surface area (Å²) in [4.78, 5) is 0. The Bertz CT molecular complexity index is 530. The predicted octanol–water partition coefficient (Wildman–Crippen LogP) is -5.84. The molecular weight excluding hydrogens is 374 g/mol. The third kappa shape index (κ3) is 6.17. The van der Waals surface area contributed by atoms with Crippen LogP contribution in [0.15, 0.2) is 36.4 Å². The normalized spacial score (nSPS) is 9.57. The number of hydrogen-bond acceptors (Lipinski definition) is 0. The maximum Gasteiger partial charge on any atom is 4.00 e. The summed E-state index contributed by atoms with van der Waals surface area (Å²) in [5.74, 6) is 0. The van der Waals surface area contributed by atoms with Gasteiger partial charge in [0.1, 0.15) is 0 Å². The fourth-order valence-electron chi connectivity index (χ4n) is 2.45.